The van der Waals surface area contributed by atoms with Gasteiger partial charge in [-0.15, -0.1) is 0 Å². The Morgan fingerprint density at radius 1 is 1.24 bits per heavy atom. The summed E-state index contributed by atoms with van der Waals surface area (Å²) in [7, 11) is -3.86. The highest BCUT2D eigenvalue weighted by molar-refractivity contribution is 7.89. The fourth-order valence-corrected chi connectivity index (χ4v) is 7.67. The number of amides is 2. The molecule has 11 nitrogen and oxygen atoms in total. The summed E-state index contributed by atoms with van der Waals surface area (Å²) in [5.74, 6) is -1.40. The van der Waals surface area contributed by atoms with Crippen LogP contribution in [0.1, 0.15) is 50.7 Å². The molecule has 2 amide bonds. The van der Waals surface area contributed by atoms with E-state index in [4.69, 9.17) is 4.74 Å². The van der Waals surface area contributed by atoms with E-state index in [0.29, 0.717) is 30.9 Å². The molecule has 1 saturated heterocycles. The van der Waals surface area contributed by atoms with E-state index in [1.165, 1.54) is 13.8 Å². The van der Waals surface area contributed by atoms with Crippen LogP contribution in [0, 0.1) is 5.92 Å². The monoisotopic (exact) mass is 547 g/mol. The minimum Gasteiger partial charge on any atom is -0.508 e. The van der Waals surface area contributed by atoms with Crippen LogP contribution in [0.3, 0.4) is 0 Å². The number of phenols is 1. The molecule has 1 aromatic rings. The number of aliphatic hydroxyl groups excluding tert-OH is 1. The van der Waals surface area contributed by atoms with Crippen LogP contribution in [0.4, 0.5) is 0 Å². The van der Waals surface area contributed by atoms with Crippen LogP contribution >= 0.6 is 0 Å². The molecule has 3 aliphatic carbocycles. The fourth-order valence-electron chi connectivity index (χ4n) is 7.08. The predicted octanol–water partition coefficient (Wildman–Crippen LogP) is 0.349. The van der Waals surface area contributed by atoms with Crippen molar-refractivity contribution in [3.05, 3.63) is 34.6 Å². The van der Waals surface area contributed by atoms with Gasteiger partial charge in [-0.05, 0) is 63.6 Å². The quantitative estimate of drug-likeness (QED) is 0.338. The highest BCUT2D eigenvalue weighted by atomic mass is 32.2. The lowest BCUT2D eigenvalue weighted by Gasteiger charge is -2.62. The average Bonchev–Trinajstić information content (AvgIpc) is 3.54. The van der Waals surface area contributed by atoms with Crippen molar-refractivity contribution in [1.82, 2.24) is 14.9 Å². The molecular weight excluding hydrogens is 514 g/mol. The number of sulfonamides is 1. The Morgan fingerprint density at radius 3 is 2.61 bits per heavy atom. The third kappa shape index (κ3) is 3.49. The van der Waals surface area contributed by atoms with E-state index in [0.717, 1.165) is 31.2 Å². The number of rotatable bonds is 6. The second kappa shape index (κ2) is 7.86. The van der Waals surface area contributed by atoms with Crippen molar-refractivity contribution in [3.63, 3.8) is 0 Å². The highest BCUT2D eigenvalue weighted by Gasteiger charge is 2.73. The van der Waals surface area contributed by atoms with Crippen LogP contribution in [-0.2, 0) is 31.4 Å². The number of aliphatic hydroxyl groups is 2. The molecule has 0 radical (unpaired) electrons. The molecule has 2 bridgehead atoms. The summed E-state index contributed by atoms with van der Waals surface area (Å²) in [5.41, 5.74) is -2.65. The molecule has 1 saturated carbocycles. The number of phenolic OH excluding ortho intramolecular Hbond substituents is 1. The molecule has 4 atom stereocenters. The van der Waals surface area contributed by atoms with Gasteiger partial charge in [0.05, 0.1) is 22.8 Å². The van der Waals surface area contributed by atoms with Gasteiger partial charge in [0.1, 0.15) is 11.3 Å². The van der Waals surface area contributed by atoms with E-state index in [1.54, 1.807) is 6.07 Å². The van der Waals surface area contributed by atoms with Crippen molar-refractivity contribution in [3.8, 4) is 11.5 Å². The van der Waals surface area contributed by atoms with E-state index in [2.05, 4.69) is 10.2 Å². The summed E-state index contributed by atoms with van der Waals surface area (Å²) in [6, 6.07) is 3.06. The normalized spacial score (nSPS) is 31.9. The number of nitrogens with zero attached hydrogens (tertiary/aromatic N) is 1. The molecule has 0 unspecified atom stereocenters. The minimum absolute atomic E-state index is 0.0916. The van der Waals surface area contributed by atoms with Crippen LogP contribution in [0.15, 0.2) is 23.5 Å². The van der Waals surface area contributed by atoms with Gasteiger partial charge in [0.15, 0.2) is 17.6 Å². The molecule has 1 spiro atoms. The first-order valence-electron chi connectivity index (χ1n) is 12.9. The smallest absolute Gasteiger partial charge is 0.258 e. The summed E-state index contributed by atoms with van der Waals surface area (Å²) >= 11 is 0. The second-order valence-corrected chi connectivity index (χ2v) is 13.8. The summed E-state index contributed by atoms with van der Waals surface area (Å²) in [6.07, 6.45) is 2.82. The van der Waals surface area contributed by atoms with Crippen molar-refractivity contribution < 1.29 is 38.1 Å². The molecule has 2 heterocycles. The SMILES string of the molecule is CC(C)(NC(=O)C1=C(O)[C@@H]2Oc3c(O)ccc4c3[C@@]23CCN(CC2CC2)[C@H](C4)[C@]3(O)C1)C(=O)NS(C)(=O)=O. The third-order valence-electron chi connectivity index (χ3n) is 9.06. The number of piperidine rings is 1. The number of hydrogen-bond acceptors (Lipinski definition) is 9. The molecule has 1 aromatic carbocycles. The van der Waals surface area contributed by atoms with E-state index >= 15 is 0 Å². The molecule has 0 aromatic heterocycles. The first-order chi connectivity index (χ1) is 17.7. The van der Waals surface area contributed by atoms with E-state index in [-0.39, 0.29) is 35.3 Å². The molecule has 5 aliphatic rings. The Kier molecular flexibility index (Phi) is 5.26. The lowest BCUT2D eigenvalue weighted by molar-refractivity contribution is -0.172. The number of likely N-dealkylation sites (tertiary alicyclic amines) is 1. The number of benzene rings is 1. The molecule has 38 heavy (non-hydrogen) atoms. The fraction of sp³-hybridized carbons (Fsp3) is 0.615. The number of nitrogens with one attached hydrogen (secondary N) is 2. The van der Waals surface area contributed by atoms with Crippen LogP contribution < -0.4 is 14.8 Å². The number of aromatic hydroxyl groups is 1. The predicted molar refractivity (Wildman–Crippen MR) is 135 cm³/mol. The van der Waals surface area contributed by atoms with Gasteiger partial charge in [-0.3, -0.25) is 19.2 Å². The largest absolute Gasteiger partial charge is 0.508 e. The van der Waals surface area contributed by atoms with Gasteiger partial charge in [0.25, 0.3) is 11.8 Å². The molecule has 12 heteroatoms. The van der Waals surface area contributed by atoms with E-state index in [1.807, 2.05) is 10.8 Å². The minimum atomic E-state index is -3.86. The first kappa shape index (κ1) is 25.4. The number of carbonyl (C=O) groups excluding carboxylic acids is 2. The lowest BCUT2D eigenvalue weighted by atomic mass is 9.49. The molecule has 5 N–H and O–H groups in total. The maximum atomic E-state index is 13.5. The molecule has 6 rings (SSSR count). The van der Waals surface area contributed by atoms with Crippen molar-refractivity contribution in [1.29, 1.82) is 0 Å². The summed E-state index contributed by atoms with van der Waals surface area (Å²) in [5, 5.41) is 37.3. The first-order valence-corrected chi connectivity index (χ1v) is 14.8. The Bertz CT molecular complexity index is 1400. The number of ether oxygens (including phenoxy) is 1. The van der Waals surface area contributed by atoms with Gasteiger partial charge in [-0.1, -0.05) is 6.07 Å². The van der Waals surface area contributed by atoms with Gasteiger partial charge in [0.2, 0.25) is 10.0 Å². The van der Waals surface area contributed by atoms with Crippen molar-refractivity contribution in [2.45, 2.75) is 74.7 Å². The highest BCUT2D eigenvalue weighted by Crippen LogP contribution is 2.66. The van der Waals surface area contributed by atoms with Crippen LogP contribution in [0.25, 0.3) is 0 Å². The lowest BCUT2D eigenvalue weighted by Crippen LogP contribution is -2.76. The molecule has 2 aliphatic heterocycles. The van der Waals surface area contributed by atoms with Gasteiger partial charge >= 0.3 is 0 Å². The van der Waals surface area contributed by atoms with Crippen LogP contribution in [0.5, 0.6) is 11.5 Å². The standard InChI is InChI=1S/C26H33N3O8S/c1-24(2,23(33)28-38(3,35)36)27-22(32)15-11-26(34)17-10-14-6-7-16(30)20-18(14)25(26,21(37-20)19(15)31)8-9-29(17)12-13-4-5-13/h6-7,13,17,21,30-31,34H,4-5,8-12H2,1-3H3,(H,27,32)(H,28,33)/t17-,21+,25+,26-/m1/s1. The third-order valence-corrected chi connectivity index (χ3v) is 9.62. The maximum Gasteiger partial charge on any atom is 0.258 e. The van der Waals surface area contributed by atoms with Crippen LogP contribution in [-0.4, -0.2) is 83.1 Å². The van der Waals surface area contributed by atoms with Crippen molar-refractivity contribution in [2.24, 2.45) is 5.92 Å². The van der Waals surface area contributed by atoms with Crippen molar-refractivity contribution >= 4 is 21.8 Å². The zero-order chi connectivity index (χ0) is 27.4. The molecular formula is C26H33N3O8S. The summed E-state index contributed by atoms with van der Waals surface area (Å²) in [6.45, 7) is 4.22. The molecule has 2 fully saturated rings. The maximum absolute atomic E-state index is 13.5. The Hall–Kier alpha value is -2.83. The van der Waals surface area contributed by atoms with Crippen molar-refractivity contribution in [2.75, 3.05) is 19.3 Å². The summed E-state index contributed by atoms with van der Waals surface area (Å²) < 4.78 is 31.2. The number of carbonyl (C=O) groups is 2. The Morgan fingerprint density at radius 2 is 1.95 bits per heavy atom. The topological polar surface area (TPSA) is 166 Å². The Labute approximate surface area is 220 Å². The number of hydrogen-bond donors (Lipinski definition) is 5. The second-order valence-electron chi connectivity index (χ2n) is 12.1. The average molecular weight is 548 g/mol. The van der Waals surface area contributed by atoms with E-state index in [9.17, 15) is 33.3 Å². The zero-order valence-electron chi connectivity index (χ0n) is 21.6. The van der Waals surface area contributed by atoms with Gasteiger partial charge in [-0.2, -0.15) is 0 Å². The van der Waals surface area contributed by atoms with Gasteiger partial charge in [-0.25, -0.2) is 8.42 Å². The molecule has 206 valence electrons. The zero-order valence-corrected chi connectivity index (χ0v) is 22.4. The summed E-state index contributed by atoms with van der Waals surface area (Å²) in [4.78, 5) is 28.4. The van der Waals surface area contributed by atoms with Gasteiger partial charge in [0, 0.05) is 24.6 Å². The van der Waals surface area contributed by atoms with Crippen LogP contribution in [0.2, 0.25) is 0 Å². The Balaban J connectivity index is 1.42. The van der Waals surface area contributed by atoms with E-state index < -0.39 is 44.5 Å². The van der Waals surface area contributed by atoms with Gasteiger partial charge < -0.3 is 25.4 Å².